The molecule has 0 unspecified atom stereocenters. The number of carboxylic acids is 1. The van der Waals surface area contributed by atoms with Crippen molar-refractivity contribution in [2.45, 2.75) is 19.8 Å². The summed E-state index contributed by atoms with van der Waals surface area (Å²) in [6.07, 6.45) is 2.33. The quantitative estimate of drug-likeness (QED) is 0.735. The van der Waals surface area contributed by atoms with Gasteiger partial charge in [-0.25, -0.2) is 4.79 Å². The summed E-state index contributed by atoms with van der Waals surface area (Å²) < 4.78 is 0. The molecule has 0 aromatic heterocycles. The lowest BCUT2D eigenvalue weighted by Gasteiger charge is -2.38. The Labute approximate surface area is 119 Å². The first-order valence-electron chi connectivity index (χ1n) is 6.95. The average molecular weight is 277 g/mol. The van der Waals surface area contributed by atoms with Crippen LogP contribution in [0.25, 0.3) is 0 Å². The number of carboxylic acid groups (broad SMARTS) is 1. The van der Waals surface area contributed by atoms with Crippen molar-refractivity contribution in [2.75, 3.05) is 37.7 Å². The van der Waals surface area contributed by atoms with Crippen LogP contribution in [0.5, 0.6) is 0 Å². The van der Waals surface area contributed by atoms with Gasteiger partial charge in [0.05, 0.1) is 5.56 Å². The van der Waals surface area contributed by atoms with Gasteiger partial charge in [0, 0.05) is 17.9 Å². The lowest BCUT2D eigenvalue weighted by atomic mass is 9.80. The van der Waals surface area contributed by atoms with Crippen LogP contribution in [-0.2, 0) is 0 Å². The van der Waals surface area contributed by atoms with E-state index < -0.39 is 5.97 Å². The monoisotopic (exact) mass is 277 g/mol. The Morgan fingerprint density at radius 3 is 2.65 bits per heavy atom. The lowest BCUT2D eigenvalue weighted by molar-refractivity contribution is 0.0698. The number of likely N-dealkylation sites (tertiary alicyclic amines) is 1. The van der Waals surface area contributed by atoms with Crippen molar-refractivity contribution in [1.29, 1.82) is 0 Å². The van der Waals surface area contributed by atoms with E-state index in [2.05, 4.69) is 24.2 Å². The van der Waals surface area contributed by atoms with Crippen LogP contribution in [0.3, 0.4) is 0 Å². The molecule has 1 aromatic carbocycles. The maximum Gasteiger partial charge on any atom is 0.337 e. The zero-order valence-electron chi connectivity index (χ0n) is 12.1. The minimum absolute atomic E-state index is 0.154. The number of hydrogen-bond acceptors (Lipinski definition) is 4. The highest BCUT2D eigenvalue weighted by atomic mass is 16.4. The highest BCUT2D eigenvalue weighted by Crippen LogP contribution is 2.31. The summed E-state index contributed by atoms with van der Waals surface area (Å²) in [4.78, 5) is 13.3. The third-order valence-electron chi connectivity index (χ3n) is 4.20. The van der Waals surface area contributed by atoms with Crippen molar-refractivity contribution >= 4 is 17.3 Å². The van der Waals surface area contributed by atoms with Gasteiger partial charge in [-0.05, 0) is 56.6 Å². The van der Waals surface area contributed by atoms with E-state index >= 15 is 0 Å². The second kappa shape index (κ2) is 5.71. The SMILES string of the molecule is CN1CCC(C)(CNc2ccc(C(=O)O)c(N)c2)CC1. The molecule has 110 valence electrons. The van der Waals surface area contributed by atoms with E-state index in [1.165, 1.54) is 12.8 Å². The molecule has 1 aromatic rings. The van der Waals surface area contributed by atoms with E-state index in [-0.39, 0.29) is 11.0 Å². The summed E-state index contributed by atoms with van der Waals surface area (Å²) in [5.74, 6) is -0.990. The first-order valence-corrected chi connectivity index (χ1v) is 6.95. The number of nitrogen functional groups attached to an aromatic ring is 1. The van der Waals surface area contributed by atoms with Gasteiger partial charge in [0.2, 0.25) is 0 Å². The van der Waals surface area contributed by atoms with E-state index in [1.807, 2.05) is 0 Å². The number of piperidine rings is 1. The molecule has 0 amide bonds. The molecule has 0 bridgehead atoms. The Morgan fingerprint density at radius 1 is 1.45 bits per heavy atom. The third-order valence-corrected chi connectivity index (χ3v) is 4.20. The molecule has 0 saturated carbocycles. The minimum atomic E-state index is -0.990. The molecular formula is C15H23N3O2. The summed E-state index contributed by atoms with van der Waals surface area (Å²) >= 11 is 0. The molecular weight excluding hydrogens is 254 g/mol. The Hall–Kier alpha value is -1.75. The molecule has 1 saturated heterocycles. The van der Waals surface area contributed by atoms with Crippen LogP contribution < -0.4 is 11.1 Å². The van der Waals surface area contributed by atoms with Crippen LogP contribution >= 0.6 is 0 Å². The highest BCUT2D eigenvalue weighted by molar-refractivity contribution is 5.94. The number of rotatable bonds is 4. The van der Waals surface area contributed by atoms with Gasteiger partial charge >= 0.3 is 5.97 Å². The van der Waals surface area contributed by atoms with Gasteiger partial charge < -0.3 is 21.1 Å². The van der Waals surface area contributed by atoms with Crippen molar-refractivity contribution in [3.8, 4) is 0 Å². The Bertz CT molecular complexity index is 494. The molecule has 1 fully saturated rings. The number of nitrogens with one attached hydrogen (secondary N) is 1. The molecule has 0 spiro atoms. The van der Waals surface area contributed by atoms with Crippen LogP contribution in [0.1, 0.15) is 30.1 Å². The van der Waals surface area contributed by atoms with Crippen molar-refractivity contribution < 1.29 is 9.90 Å². The van der Waals surface area contributed by atoms with Crippen molar-refractivity contribution in [3.63, 3.8) is 0 Å². The number of benzene rings is 1. The van der Waals surface area contributed by atoms with Gasteiger partial charge in [0.1, 0.15) is 0 Å². The maximum atomic E-state index is 10.9. The van der Waals surface area contributed by atoms with Gasteiger partial charge in [-0.2, -0.15) is 0 Å². The molecule has 1 aliphatic heterocycles. The fourth-order valence-corrected chi connectivity index (χ4v) is 2.52. The summed E-state index contributed by atoms with van der Waals surface area (Å²) in [5, 5.41) is 12.3. The van der Waals surface area contributed by atoms with Gasteiger partial charge in [-0.1, -0.05) is 6.92 Å². The lowest BCUT2D eigenvalue weighted by Crippen LogP contribution is -2.40. The topological polar surface area (TPSA) is 78.6 Å². The third kappa shape index (κ3) is 3.42. The molecule has 20 heavy (non-hydrogen) atoms. The Morgan fingerprint density at radius 2 is 2.10 bits per heavy atom. The van der Waals surface area contributed by atoms with Crippen LogP contribution in [-0.4, -0.2) is 42.7 Å². The van der Waals surface area contributed by atoms with E-state index in [9.17, 15) is 4.79 Å². The predicted octanol–water partition coefficient (Wildman–Crippen LogP) is 2.11. The summed E-state index contributed by atoms with van der Waals surface area (Å²) in [5.41, 5.74) is 7.38. The summed E-state index contributed by atoms with van der Waals surface area (Å²) in [6, 6.07) is 5.02. The molecule has 1 heterocycles. The molecule has 0 radical (unpaired) electrons. The van der Waals surface area contributed by atoms with Gasteiger partial charge in [-0.3, -0.25) is 0 Å². The van der Waals surface area contributed by atoms with Gasteiger partial charge in [0.25, 0.3) is 0 Å². The number of anilines is 2. The molecule has 5 nitrogen and oxygen atoms in total. The number of carbonyl (C=O) groups is 1. The van der Waals surface area contributed by atoms with Crippen molar-refractivity contribution in [2.24, 2.45) is 5.41 Å². The largest absolute Gasteiger partial charge is 0.478 e. The van der Waals surface area contributed by atoms with E-state index in [1.54, 1.807) is 18.2 Å². The number of aromatic carboxylic acids is 1. The molecule has 0 aliphatic carbocycles. The van der Waals surface area contributed by atoms with Crippen molar-refractivity contribution in [3.05, 3.63) is 23.8 Å². The Kier molecular flexibility index (Phi) is 4.18. The second-order valence-corrected chi connectivity index (χ2v) is 6.07. The van der Waals surface area contributed by atoms with Crippen molar-refractivity contribution in [1.82, 2.24) is 4.90 Å². The molecule has 2 rings (SSSR count). The second-order valence-electron chi connectivity index (χ2n) is 6.07. The molecule has 5 heteroatoms. The van der Waals surface area contributed by atoms with E-state index in [0.29, 0.717) is 5.69 Å². The van der Waals surface area contributed by atoms with E-state index in [0.717, 1.165) is 25.3 Å². The fraction of sp³-hybridized carbons (Fsp3) is 0.533. The Balaban J connectivity index is 1.97. The predicted molar refractivity (Wildman–Crippen MR) is 81.1 cm³/mol. The van der Waals surface area contributed by atoms with Crippen LogP contribution in [0.2, 0.25) is 0 Å². The number of nitrogens with zero attached hydrogens (tertiary/aromatic N) is 1. The van der Waals surface area contributed by atoms with Crippen LogP contribution in [0.15, 0.2) is 18.2 Å². The first kappa shape index (κ1) is 14.7. The van der Waals surface area contributed by atoms with Gasteiger partial charge in [0.15, 0.2) is 0 Å². The smallest absolute Gasteiger partial charge is 0.337 e. The zero-order valence-corrected chi connectivity index (χ0v) is 12.1. The van der Waals surface area contributed by atoms with E-state index in [4.69, 9.17) is 10.8 Å². The van der Waals surface area contributed by atoms with Crippen LogP contribution in [0, 0.1) is 5.41 Å². The molecule has 0 atom stereocenters. The minimum Gasteiger partial charge on any atom is -0.478 e. The highest BCUT2D eigenvalue weighted by Gasteiger charge is 2.28. The summed E-state index contributed by atoms with van der Waals surface area (Å²) in [7, 11) is 2.15. The number of nitrogens with two attached hydrogens (primary N) is 1. The standard InChI is InChI=1S/C15H23N3O2/c1-15(5-7-18(2)8-6-15)10-17-11-3-4-12(14(19)20)13(16)9-11/h3-4,9,17H,5-8,10,16H2,1-2H3,(H,19,20). The van der Waals surface area contributed by atoms with Crippen LogP contribution in [0.4, 0.5) is 11.4 Å². The maximum absolute atomic E-state index is 10.9. The number of hydrogen-bond donors (Lipinski definition) is 3. The van der Waals surface area contributed by atoms with Gasteiger partial charge in [-0.15, -0.1) is 0 Å². The first-order chi connectivity index (χ1) is 9.39. The summed E-state index contributed by atoms with van der Waals surface area (Å²) in [6.45, 7) is 5.42. The average Bonchev–Trinajstić information content (AvgIpc) is 2.40. The normalized spacial score (nSPS) is 18.7. The molecule has 1 aliphatic rings. The molecule has 4 N–H and O–H groups in total. The zero-order chi connectivity index (χ0) is 14.8. The fourth-order valence-electron chi connectivity index (χ4n) is 2.52.